The van der Waals surface area contributed by atoms with Crippen molar-refractivity contribution in [3.8, 4) is 0 Å². The Labute approximate surface area is 126 Å². The van der Waals surface area contributed by atoms with Crippen LogP contribution in [-0.4, -0.2) is 40.0 Å². The summed E-state index contributed by atoms with van der Waals surface area (Å²) in [4.78, 5) is 29.4. The van der Waals surface area contributed by atoms with Gasteiger partial charge in [-0.05, 0) is 24.6 Å². The van der Waals surface area contributed by atoms with Crippen molar-refractivity contribution < 1.29 is 14.7 Å². The number of fused-ring (bicyclic) bond motifs is 1. The second kappa shape index (κ2) is 5.33. The van der Waals surface area contributed by atoms with Gasteiger partial charge in [-0.25, -0.2) is 0 Å². The molecule has 0 radical (unpaired) electrons. The average molecular weight is 305 g/mol. The second-order valence-electron chi connectivity index (χ2n) is 5.10. The van der Waals surface area contributed by atoms with Crippen LogP contribution in [0.25, 0.3) is 10.9 Å². The standard InChI is InChI=1S/C15H13ClN2O3/c16-11-6-9-2-1-4-17-13(9)12(7-11)14(19)18-5-3-10(8-18)15(20)21/h1-2,4,6-7,10H,3,5,8H2,(H,20,21)/t10-/m1/s1. The third kappa shape index (κ3) is 2.56. The van der Waals surface area contributed by atoms with Crippen LogP contribution in [0.15, 0.2) is 30.5 Å². The number of carboxylic acid groups (broad SMARTS) is 1. The van der Waals surface area contributed by atoms with Gasteiger partial charge in [-0.15, -0.1) is 0 Å². The van der Waals surface area contributed by atoms with Gasteiger partial charge >= 0.3 is 5.97 Å². The molecule has 1 atom stereocenters. The summed E-state index contributed by atoms with van der Waals surface area (Å²) in [5, 5.41) is 10.3. The van der Waals surface area contributed by atoms with Gasteiger partial charge in [-0.1, -0.05) is 17.7 Å². The third-order valence-electron chi connectivity index (χ3n) is 3.72. The summed E-state index contributed by atoms with van der Waals surface area (Å²) in [6, 6.07) is 6.97. The molecule has 0 saturated carbocycles. The summed E-state index contributed by atoms with van der Waals surface area (Å²) in [6.07, 6.45) is 2.10. The summed E-state index contributed by atoms with van der Waals surface area (Å²) in [6.45, 7) is 0.672. The van der Waals surface area contributed by atoms with Gasteiger partial charge in [-0.3, -0.25) is 14.6 Å². The molecule has 1 aromatic heterocycles. The molecule has 1 aliphatic heterocycles. The van der Waals surface area contributed by atoms with Crippen LogP contribution in [0.5, 0.6) is 0 Å². The number of hydrogen-bond donors (Lipinski definition) is 1. The second-order valence-corrected chi connectivity index (χ2v) is 5.54. The molecule has 1 N–H and O–H groups in total. The third-order valence-corrected chi connectivity index (χ3v) is 3.94. The molecule has 2 heterocycles. The van der Waals surface area contributed by atoms with E-state index in [-0.39, 0.29) is 12.5 Å². The molecule has 3 rings (SSSR count). The molecule has 1 aliphatic rings. The monoisotopic (exact) mass is 304 g/mol. The molecule has 21 heavy (non-hydrogen) atoms. The maximum atomic E-state index is 12.6. The van der Waals surface area contributed by atoms with Crippen molar-refractivity contribution in [3.63, 3.8) is 0 Å². The van der Waals surface area contributed by atoms with Crippen molar-refractivity contribution in [2.24, 2.45) is 5.92 Å². The van der Waals surface area contributed by atoms with Gasteiger partial charge in [0.05, 0.1) is 17.0 Å². The van der Waals surface area contributed by atoms with E-state index in [2.05, 4.69) is 4.98 Å². The Morgan fingerprint density at radius 1 is 1.38 bits per heavy atom. The fraction of sp³-hybridized carbons (Fsp3) is 0.267. The number of carboxylic acids is 1. The first-order chi connectivity index (χ1) is 10.1. The molecule has 2 aromatic rings. The first-order valence-electron chi connectivity index (χ1n) is 6.62. The van der Waals surface area contributed by atoms with E-state index in [4.69, 9.17) is 16.7 Å². The van der Waals surface area contributed by atoms with Gasteiger partial charge in [0.15, 0.2) is 0 Å². The summed E-state index contributed by atoms with van der Waals surface area (Å²) < 4.78 is 0. The Balaban J connectivity index is 1.97. The molecule has 6 heteroatoms. The van der Waals surface area contributed by atoms with Crippen LogP contribution in [0.2, 0.25) is 5.02 Å². The van der Waals surface area contributed by atoms with E-state index in [9.17, 15) is 9.59 Å². The smallest absolute Gasteiger partial charge is 0.308 e. The highest BCUT2D eigenvalue weighted by Crippen LogP contribution is 2.26. The van der Waals surface area contributed by atoms with Crippen LogP contribution < -0.4 is 0 Å². The molecule has 1 amide bonds. The molecule has 0 aliphatic carbocycles. The number of benzene rings is 1. The van der Waals surface area contributed by atoms with Gasteiger partial charge in [-0.2, -0.15) is 0 Å². The minimum absolute atomic E-state index is 0.218. The zero-order chi connectivity index (χ0) is 15.0. The topological polar surface area (TPSA) is 70.5 Å². The highest BCUT2D eigenvalue weighted by molar-refractivity contribution is 6.32. The summed E-state index contributed by atoms with van der Waals surface area (Å²) in [5.41, 5.74) is 1.01. The number of hydrogen-bond acceptors (Lipinski definition) is 3. The molecule has 1 fully saturated rings. The van der Waals surface area contributed by atoms with Crippen LogP contribution in [-0.2, 0) is 4.79 Å². The normalized spacial score (nSPS) is 18.1. The van der Waals surface area contributed by atoms with E-state index in [1.54, 1.807) is 29.3 Å². The van der Waals surface area contributed by atoms with Crippen molar-refractivity contribution in [3.05, 3.63) is 41.0 Å². The lowest BCUT2D eigenvalue weighted by molar-refractivity contribution is -0.141. The molecule has 0 unspecified atom stereocenters. The number of carbonyl (C=O) groups excluding carboxylic acids is 1. The number of aliphatic carboxylic acids is 1. The molecule has 1 saturated heterocycles. The predicted octanol–water partition coefficient (Wildman–Crippen LogP) is 2.43. The highest BCUT2D eigenvalue weighted by atomic mass is 35.5. The van der Waals surface area contributed by atoms with Gasteiger partial charge in [0.1, 0.15) is 0 Å². The van der Waals surface area contributed by atoms with Crippen molar-refractivity contribution in [1.29, 1.82) is 0 Å². The SMILES string of the molecule is O=C(O)[C@@H]1CCN(C(=O)c2cc(Cl)cc3cccnc23)C1. The lowest BCUT2D eigenvalue weighted by atomic mass is 10.1. The van der Waals surface area contributed by atoms with Crippen LogP contribution in [0.3, 0.4) is 0 Å². The Hall–Kier alpha value is -2.14. The molecule has 0 bridgehead atoms. The molecular formula is C15H13ClN2O3. The molecule has 1 aromatic carbocycles. The van der Waals surface area contributed by atoms with Gasteiger partial charge < -0.3 is 10.0 Å². The first-order valence-corrected chi connectivity index (χ1v) is 7.00. The predicted molar refractivity (Wildman–Crippen MR) is 78.4 cm³/mol. The number of likely N-dealkylation sites (tertiary alicyclic amines) is 1. The zero-order valence-electron chi connectivity index (χ0n) is 11.1. The van der Waals surface area contributed by atoms with Crippen molar-refractivity contribution in [2.75, 3.05) is 13.1 Å². The Bertz CT molecular complexity index is 732. The van der Waals surface area contributed by atoms with E-state index in [0.29, 0.717) is 29.1 Å². The van der Waals surface area contributed by atoms with E-state index < -0.39 is 11.9 Å². The van der Waals surface area contributed by atoms with Crippen LogP contribution in [0.1, 0.15) is 16.8 Å². The lowest BCUT2D eigenvalue weighted by Gasteiger charge is -2.17. The van der Waals surface area contributed by atoms with Gasteiger partial charge in [0.25, 0.3) is 5.91 Å². The Kier molecular flexibility index (Phi) is 3.51. The fourth-order valence-electron chi connectivity index (χ4n) is 2.64. The van der Waals surface area contributed by atoms with E-state index in [1.165, 1.54) is 0 Å². The quantitative estimate of drug-likeness (QED) is 0.925. The fourth-order valence-corrected chi connectivity index (χ4v) is 2.86. The van der Waals surface area contributed by atoms with E-state index in [1.807, 2.05) is 6.07 Å². The van der Waals surface area contributed by atoms with Crippen molar-refractivity contribution in [1.82, 2.24) is 9.88 Å². The van der Waals surface area contributed by atoms with Crippen LogP contribution in [0.4, 0.5) is 0 Å². The Morgan fingerprint density at radius 2 is 2.19 bits per heavy atom. The van der Waals surface area contributed by atoms with E-state index in [0.717, 1.165) is 5.39 Å². The minimum Gasteiger partial charge on any atom is -0.481 e. The first kappa shape index (κ1) is 13.8. The molecule has 5 nitrogen and oxygen atoms in total. The van der Waals surface area contributed by atoms with Gasteiger partial charge in [0.2, 0.25) is 0 Å². The summed E-state index contributed by atoms with van der Waals surface area (Å²) >= 11 is 6.06. The number of nitrogens with zero attached hydrogens (tertiary/aromatic N) is 2. The minimum atomic E-state index is -0.862. The average Bonchev–Trinajstić information content (AvgIpc) is 2.95. The number of pyridine rings is 1. The maximum absolute atomic E-state index is 12.6. The number of carbonyl (C=O) groups is 2. The molecule has 0 spiro atoms. The van der Waals surface area contributed by atoms with Crippen LogP contribution >= 0.6 is 11.6 Å². The summed E-state index contributed by atoms with van der Waals surface area (Å²) in [5.74, 6) is -1.57. The van der Waals surface area contributed by atoms with Crippen LogP contribution in [0, 0.1) is 5.92 Å². The van der Waals surface area contributed by atoms with Gasteiger partial charge in [0, 0.05) is 29.7 Å². The number of halogens is 1. The molecule has 108 valence electrons. The zero-order valence-corrected chi connectivity index (χ0v) is 11.9. The summed E-state index contributed by atoms with van der Waals surface area (Å²) in [7, 11) is 0. The lowest BCUT2D eigenvalue weighted by Crippen LogP contribution is -2.30. The molecular weight excluding hydrogens is 292 g/mol. The number of aromatic nitrogens is 1. The Morgan fingerprint density at radius 3 is 2.90 bits per heavy atom. The number of rotatable bonds is 2. The van der Waals surface area contributed by atoms with Crippen molar-refractivity contribution >= 4 is 34.4 Å². The van der Waals surface area contributed by atoms with Crippen molar-refractivity contribution in [2.45, 2.75) is 6.42 Å². The maximum Gasteiger partial charge on any atom is 0.308 e. The largest absolute Gasteiger partial charge is 0.481 e. The van der Waals surface area contributed by atoms with E-state index >= 15 is 0 Å². The number of amides is 1. The highest BCUT2D eigenvalue weighted by Gasteiger charge is 2.32.